The van der Waals surface area contributed by atoms with Gasteiger partial charge in [-0.15, -0.1) is 0 Å². The Hall–Kier alpha value is -2.58. The molecule has 1 unspecified atom stereocenters. The van der Waals surface area contributed by atoms with E-state index in [0.717, 1.165) is 41.1 Å². The Morgan fingerprint density at radius 3 is 2.96 bits per heavy atom. The van der Waals surface area contributed by atoms with E-state index in [-0.39, 0.29) is 6.10 Å². The zero-order valence-electron chi connectivity index (χ0n) is 12.5. The molecule has 0 amide bonds. The average molecular weight is 311 g/mol. The maximum absolute atomic E-state index is 5.75. The third-order valence-corrected chi connectivity index (χ3v) is 4.02. The van der Waals surface area contributed by atoms with Crippen molar-refractivity contribution in [3.8, 4) is 11.1 Å². The molecule has 0 radical (unpaired) electrons. The smallest absolute Gasteiger partial charge is 0.143 e. The lowest BCUT2D eigenvalue weighted by Gasteiger charge is -2.33. The van der Waals surface area contributed by atoms with E-state index < -0.39 is 0 Å². The minimum absolute atomic E-state index is 0.0243. The highest BCUT2D eigenvalue weighted by molar-refractivity contribution is 6.00. The number of hydrogen-bond acceptors (Lipinski definition) is 7. The van der Waals surface area contributed by atoms with E-state index in [2.05, 4.69) is 29.8 Å². The molecule has 1 aliphatic rings. The number of ether oxygens (including phenoxy) is 1. The van der Waals surface area contributed by atoms with E-state index in [4.69, 9.17) is 10.5 Å². The molecule has 118 valence electrons. The highest BCUT2D eigenvalue weighted by Gasteiger charge is 2.24. The van der Waals surface area contributed by atoms with Crippen LogP contribution in [0.25, 0.3) is 22.2 Å². The molecule has 3 aromatic rings. The molecule has 1 fully saturated rings. The van der Waals surface area contributed by atoms with Gasteiger partial charge in [-0.3, -0.25) is 0 Å². The van der Waals surface area contributed by atoms with Gasteiger partial charge in [0.1, 0.15) is 24.1 Å². The maximum atomic E-state index is 5.75. The second-order valence-electron chi connectivity index (χ2n) is 5.42. The second-order valence-corrected chi connectivity index (χ2v) is 5.42. The van der Waals surface area contributed by atoms with Gasteiger partial charge in [0.2, 0.25) is 0 Å². The van der Waals surface area contributed by atoms with Gasteiger partial charge < -0.3 is 20.4 Å². The van der Waals surface area contributed by atoms with Gasteiger partial charge in [-0.05, 0) is 0 Å². The van der Waals surface area contributed by atoms with E-state index >= 15 is 0 Å². The third-order valence-electron chi connectivity index (χ3n) is 4.02. The van der Waals surface area contributed by atoms with Gasteiger partial charge in [0.15, 0.2) is 0 Å². The Bertz CT molecular complexity index is 804. The Morgan fingerprint density at radius 1 is 1.26 bits per heavy atom. The number of morpholine rings is 1. The molecule has 1 aliphatic heterocycles. The average Bonchev–Trinajstić information content (AvgIpc) is 3.06. The summed E-state index contributed by atoms with van der Waals surface area (Å²) in [6.45, 7) is 2.63. The van der Waals surface area contributed by atoms with Crippen LogP contribution in [0.1, 0.15) is 0 Å². The van der Waals surface area contributed by atoms with Gasteiger partial charge in [-0.25, -0.2) is 19.9 Å². The van der Waals surface area contributed by atoms with Crippen molar-refractivity contribution < 1.29 is 4.74 Å². The molecule has 0 bridgehead atoms. The summed E-state index contributed by atoms with van der Waals surface area (Å²) in [6.07, 6.45) is 8.61. The van der Waals surface area contributed by atoms with E-state index in [1.54, 1.807) is 18.7 Å². The van der Waals surface area contributed by atoms with Crippen LogP contribution in [-0.2, 0) is 4.74 Å². The van der Waals surface area contributed by atoms with Gasteiger partial charge in [-0.2, -0.15) is 0 Å². The highest BCUT2D eigenvalue weighted by Crippen LogP contribution is 2.33. The van der Waals surface area contributed by atoms with Crippen LogP contribution < -0.4 is 10.6 Å². The lowest BCUT2D eigenvalue weighted by Crippen LogP contribution is -2.46. The fourth-order valence-corrected chi connectivity index (χ4v) is 2.91. The standard InChI is InChI=1S/C15H17N7O/c16-3-11-7-22(1-2-23-11)15-13-12(10-4-17-8-18-5-10)6-19-14(13)20-9-21-15/h4-6,8-9,11H,1-3,7,16H2,(H,19,20,21). The first-order chi connectivity index (χ1) is 11.4. The summed E-state index contributed by atoms with van der Waals surface area (Å²) in [5.41, 5.74) is 8.47. The van der Waals surface area contributed by atoms with E-state index in [0.29, 0.717) is 13.2 Å². The first-order valence-electron chi connectivity index (χ1n) is 7.51. The molecule has 8 nitrogen and oxygen atoms in total. The highest BCUT2D eigenvalue weighted by atomic mass is 16.5. The van der Waals surface area contributed by atoms with Gasteiger partial charge in [-0.1, -0.05) is 0 Å². The van der Waals surface area contributed by atoms with Crippen LogP contribution in [0.2, 0.25) is 0 Å². The Morgan fingerprint density at radius 2 is 2.13 bits per heavy atom. The van der Waals surface area contributed by atoms with Gasteiger partial charge in [0.25, 0.3) is 0 Å². The van der Waals surface area contributed by atoms with E-state index in [1.807, 2.05) is 6.20 Å². The molecular formula is C15H17N7O. The summed E-state index contributed by atoms with van der Waals surface area (Å²) in [7, 11) is 0. The zero-order valence-corrected chi connectivity index (χ0v) is 12.5. The summed E-state index contributed by atoms with van der Waals surface area (Å²) in [4.78, 5) is 22.4. The van der Waals surface area contributed by atoms with Crippen molar-refractivity contribution in [1.29, 1.82) is 0 Å². The zero-order chi connectivity index (χ0) is 15.6. The fourth-order valence-electron chi connectivity index (χ4n) is 2.91. The second kappa shape index (κ2) is 5.90. The molecule has 8 heteroatoms. The molecular weight excluding hydrogens is 294 g/mol. The summed E-state index contributed by atoms with van der Waals surface area (Å²) in [6, 6.07) is 0. The molecule has 1 atom stereocenters. The van der Waals surface area contributed by atoms with Crippen molar-refractivity contribution in [2.45, 2.75) is 6.10 Å². The largest absolute Gasteiger partial charge is 0.373 e. The number of nitrogens with one attached hydrogen (secondary N) is 1. The fraction of sp³-hybridized carbons (Fsp3) is 0.333. The molecule has 3 aromatic heterocycles. The molecule has 4 heterocycles. The topological polar surface area (TPSA) is 106 Å². The molecule has 0 spiro atoms. The lowest BCUT2D eigenvalue weighted by molar-refractivity contribution is 0.0464. The van der Waals surface area contributed by atoms with Gasteiger partial charge >= 0.3 is 0 Å². The lowest BCUT2D eigenvalue weighted by atomic mass is 10.1. The van der Waals surface area contributed by atoms with Gasteiger partial charge in [0, 0.05) is 49.4 Å². The molecule has 1 saturated heterocycles. The SMILES string of the molecule is NCC1CN(c2ncnc3[nH]cc(-c4cncnc4)c23)CCO1. The van der Waals surface area contributed by atoms with E-state index in [1.165, 1.54) is 6.33 Å². The molecule has 3 N–H and O–H groups in total. The molecule has 4 rings (SSSR count). The minimum atomic E-state index is 0.0243. The number of nitrogens with two attached hydrogens (primary N) is 1. The first-order valence-corrected chi connectivity index (χ1v) is 7.51. The number of nitrogens with zero attached hydrogens (tertiary/aromatic N) is 5. The van der Waals surface area contributed by atoms with Crippen molar-refractivity contribution in [3.05, 3.63) is 31.2 Å². The van der Waals surface area contributed by atoms with Gasteiger partial charge in [0.05, 0.1) is 18.1 Å². The molecule has 0 aliphatic carbocycles. The monoisotopic (exact) mass is 311 g/mol. The molecule has 23 heavy (non-hydrogen) atoms. The summed E-state index contributed by atoms with van der Waals surface area (Å²) < 4.78 is 5.65. The number of anilines is 1. The van der Waals surface area contributed by atoms with Crippen LogP contribution in [0.5, 0.6) is 0 Å². The summed E-state index contributed by atoms with van der Waals surface area (Å²) >= 11 is 0. The number of aromatic amines is 1. The molecule has 0 saturated carbocycles. The van der Waals surface area contributed by atoms with Crippen molar-refractivity contribution in [2.75, 3.05) is 31.1 Å². The van der Waals surface area contributed by atoms with Crippen molar-refractivity contribution in [2.24, 2.45) is 5.73 Å². The number of rotatable bonds is 3. The number of H-pyrrole nitrogens is 1. The van der Waals surface area contributed by atoms with Crippen molar-refractivity contribution in [1.82, 2.24) is 24.9 Å². The van der Waals surface area contributed by atoms with Crippen molar-refractivity contribution in [3.63, 3.8) is 0 Å². The minimum Gasteiger partial charge on any atom is -0.373 e. The predicted molar refractivity (Wildman–Crippen MR) is 85.9 cm³/mol. The molecule has 0 aromatic carbocycles. The summed E-state index contributed by atoms with van der Waals surface area (Å²) in [5, 5.41) is 0.972. The maximum Gasteiger partial charge on any atom is 0.143 e. The summed E-state index contributed by atoms with van der Waals surface area (Å²) in [5.74, 6) is 0.886. The Kier molecular flexibility index (Phi) is 3.60. The number of hydrogen-bond donors (Lipinski definition) is 2. The van der Waals surface area contributed by atoms with Crippen LogP contribution in [0, 0.1) is 0 Å². The van der Waals surface area contributed by atoms with Crippen molar-refractivity contribution >= 4 is 16.9 Å². The van der Waals surface area contributed by atoms with E-state index in [9.17, 15) is 0 Å². The predicted octanol–water partition coefficient (Wildman–Crippen LogP) is 0.579. The van der Waals surface area contributed by atoms with Crippen LogP contribution in [0.15, 0.2) is 31.2 Å². The Balaban J connectivity index is 1.82. The van der Waals surface area contributed by atoms with Crippen LogP contribution in [0.3, 0.4) is 0 Å². The first kappa shape index (κ1) is 14.0. The van der Waals surface area contributed by atoms with Crippen LogP contribution in [-0.4, -0.2) is 57.3 Å². The van der Waals surface area contributed by atoms with Crippen LogP contribution >= 0.6 is 0 Å². The quantitative estimate of drug-likeness (QED) is 0.728. The van der Waals surface area contributed by atoms with Crippen LogP contribution in [0.4, 0.5) is 5.82 Å². The number of aromatic nitrogens is 5. The Labute approximate surface area is 132 Å². The number of fused-ring (bicyclic) bond motifs is 1. The normalized spacial score (nSPS) is 18.5. The third kappa shape index (κ3) is 2.51.